The zero-order valence-electron chi connectivity index (χ0n) is 15.5. The summed E-state index contributed by atoms with van der Waals surface area (Å²) in [7, 11) is 0. The molecule has 4 rings (SSSR count). The molecule has 3 aromatic rings. The number of allylic oxidation sites excluding steroid dienone is 2. The van der Waals surface area contributed by atoms with Crippen LogP contribution in [-0.4, -0.2) is 33.9 Å². The van der Waals surface area contributed by atoms with E-state index in [1.54, 1.807) is 6.20 Å². The van der Waals surface area contributed by atoms with Crippen molar-refractivity contribution in [1.82, 2.24) is 36.4 Å². The number of hydrazine groups is 1. The molecular weight excluding hydrogens is 410 g/mol. The van der Waals surface area contributed by atoms with Gasteiger partial charge in [-0.1, -0.05) is 23.7 Å². The maximum atomic E-state index is 12.3. The third-order valence-electron chi connectivity index (χ3n) is 4.24. The lowest BCUT2D eigenvalue weighted by atomic mass is 10.3. The molecule has 0 bridgehead atoms. The van der Waals surface area contributed by atoms with Gasteiger partial charge in [-0.05, 0) is 24.3 Å². The average Bonchev–Trinajstić information content (AvgIpc) is 3.33. The number of amides is 1. The highest BCUT2D eigenvalue weighted by molar-refractivity contribution is 7.16. The molecule has 0 spiro atoms. The average molecular weight is 430 g/mol. The number of H-pyrrole nitrogens is 1. The number of nitrogens with zero attached hydrogens (tertiary/aromatic N) is 2. The van der Waals surface area contributed by atoms with E-state index in [9.17, 15) is 4.79 Å². The minimum Gasteiger partial charge on any atom is -0.345 e. The molecule has 0 saturated heterocycles. The van der Waals surface area contributed by atoms with Crippen molar-refractivity contribution in [3.8, 4) is 0 Å². The number of rotatable bonds is 8. The molecule has 1 aromatic carbocycles. The highest BCUT2D eigenvalue weighted by atomic mass is 35.5. The van der Waals surface area contributed by atoms with Gasteiger partial charge >= 0.3 is 0 Å². The number of imidazole rings is 1. The highest BCUT2D eigenvalue weighted by Gasteiger charge is 2.17. The van der Waals surface area contributed by atoms with Gasteiger partial charge in [-0.15, -0.1) is 11.3 Å². The van der Waals surface area contributed by atoms with Crippen molar-refractivity contribution >= 4 is 39.9 Å². The Hall–Kier alpha value is -2.88. The molecule has 150 valence electrons. The number of aromatic amines is 1. The summed E-state index contributed by atoms with van der Waals surface area (Å²) in [5, 5.41) is 6.97. The van der Waals surface area contributed by atoms with Crippen molar-refractivity contribution in [2.24, 2.45) is 0 Å². The van der Waals surface area contributed by atoms with E-state index in [0.29, 0.717) is 30.4 Å². The lowest BCUT2D eigenvalue weighted by Crippen LogP contribution is -2.36. The molecule has 0 aliphatic carbocycles. The molecule has 3 heterocycles. The van der Waals surface area contributed by atoms with Crippen LogP contribution in [0, 0.1) is 0 Å². The van der Waals surface area contributed by atoms with Crippen LogP contribution in [0.25, 0.3) is 11.0 Å². The van der Waals surface area contributed by atoms with Crippen LogP contribution in [0.4, 0.5) is 0 Å². The third kappa shape index (κ3) is 4.94. The summed E-state index contributed by atoms with van der Waals surface area (Å²) in [6.45, 7) is 1.70. The standard InChI is InChI=1S/C19H20ClN7OS/c20-18-17(19(28)22-10-12-4-3-8-23-27-12)26-16(29-18)7-9-21-11-15-24-13-5-1-2-6-14(13)25-15/h1-6,8,21,23,27H,7,9-11H2,(H,22,28)(H,24,25). The first kappa shape index (κ1) is 19.4. The maximum Gasteiger partial charge on any atom is 0.272 e. The van der Waals surface area contributed by atoms with Crippen molar-refractivity contribution in [3.05, 3.63) is 69.2 Å². The van der Waals surface area contributed by atoms with E-state index in [2.05, 4.69) is 36.4 Å². The van der Waals surface area contributed by atoms with Gasteiger partial charge in [-0.25, -0.2) is 9.97 Å². The molecule has 29 heavy (non-hydrogen) atoms. The summed E-state index contributed by atoms with van der Waals surface area (Å²) in [6, 6.07) is 7.93. The van der Waals surface area contributed by atoms with Gasteiger partial charge in [-0.3, -0.25) is 4.79 Å². The first-order chi connectivity index (χ1) is 14.2. The summed E-state index contributed by atoms with van der Waals surface area (Å²) in [6.07, 6.45) is 6.17. The van der Waals surface area contributed by atoms with E-state index < -0.39 is 0 Å². The quantitative estimate of drug-likeness (QED) is 0.351. The van der Waals surface area contributed by atoms with E-state index in [0.717, 1.165) is 27.6 Å². The highest BCUT2D eigenvalue weighted by Crippen LogP contribution is 2.24. The second-order valence-electron chi connectivity index (χ2n) is 6.36. The predicted molar refractivity (Wildman–Crippen MR) is 114 cm³/mol. The summed E-state index contributed by atoms with van der Waals surface area (Å²) < 4.78 is 0.401. The molecule has 0 atom stereocenters. The number of carbonyl (C=O) groups excluding carboxylic acids is 1. The maximum absolute atomic E-state index is 12.3. The van der Waals surface area contributed by atoms with Gasteiger partial charge in [-0.2, -0.15) is 0 Å². The van der Waals surface area contributed by atoms with Crippen molar-refractivity contribution in [1.29, 1.82) is 0 Å². The summed E-state index contributed by atoms with van der Waals surface area (Å²) in [4.78, 5) is 24.6. The number of halogens is 1. The van der Waals surface area contributed by atoms with Crippen LogP contribution in [0.15, 0.2) is 48.3 Å². The molecule has 8 nitrogen and oxygen atoms in total. The fraction of sp³-hybridized carbons (Fsp3) is 0.211. The van der Waals surface area contributed by atoms with Crippen molar-refractivity contribution in [2.75, 3.05) is 13.1 Å². The first-order valence-electron chi connectivity index (χ1n) is 9.14. The Morgan fingerprint density at radius 2 is 2.10 bits per heavy atom. The molecule has 1 aliphatic heterocycles. The number of thiazole rings is 1. The number of nitrogens with one attached hydrogen (secondary N) is 5. The molecule has 5 N–H and O–H groups in total. The van der Waals surface area contributed by atoms with Crippen LogP contribution in [0.3, 0.4) is 0 Å². The second kappa shape index (κ2) is 9.08. The molecule has 0 radical (unpaired) electrons. The topological polar surface area (TPSA) is 107 Å². The van der Waals surface area contributed by atoms with E-state index in [1.165, 1.54) is 11.3 Å². The summed E-state index contributed by atoms with van der Waals surface area (Å²) >= 11 is 7.55. The zero-order chi connectivity index (χ0) is 20.1. The van der Waals surface area contributed by atoms with Crippen molar-refractivity contribution in [3.63, 3.8) is 0 Å². The molecule has 0 fully saturated rings. The summed E-state index contributed by atoms with van der Waals surface area (Å²) in [5.74, 6) is 0.600. The number of fused-ring (bicyclic) bond motifs is 1. The SMILES string of the molecule is O=C(NCC1=CC=CNN1)c1nc(CCNCc2nc3ccccc3[nH]2)sc1Cl. The third-order valence-corrected chi connectivity index (χ3v) is 5.55. The Morgan fingerprint density at radius 3 is 2.93 bits per heavy atom. The van der Waals surface area contributed by atoms with Crippen molar-refractivity contribution in [2.45, 2.75) is 13.0 Å². The molecule has 1 aliphatic rings. The Kier molecular flexibility index (Phi) is 6.09. The van der Waals surface area contributed by atoms with Crippen LogP contribution in [0.2, 0.25) is 4.34 Å². The lowest BCUT2D eigenvalue weighted by molar-refractivity contribution is 0.0952. The molecular formula is C19H20ClN7OS. The van der Waals surface area contributed by atoms with Gasteiger partial charge in [0.2, 0.25) is 0 Å². The van der Waals surface area contributed by atoms with Crippen molar-refractivity contribution < 1.29 is 4.79 Å². The van der Waals surface area contributed by atoms with Crippen LogP contribution >= 0.6 is 22.9 Å². The van der Waals surface area contributed by atoms with E-state index in [4.69, 9.17) is 11.6 Å². The first-order valence-corrected chi connectivity index (χ1v) is 10.3. The smallest absolute Gasteiger partial charge is 0.272 e. The van der Waals surface area contributed by atoms with E-state index >= 15 is 0 Å². The van der Waals surface area contributed by atoms with Gasteiger partial charge in [0.05, 0.1) is 34.8 Å². The Bertz CT molecular complexity index is 1040. The molecule has 0 saturated carbocycles. The van der Waals surface area contributed by atoms with Crippen LogP contribution in [0.5, 0.6) is 0 Å². The van der Waals surface area contributed by atoms with Gasteiger partial charge in [0.1, 0.15) is 10.2 Å². The zero-order valence-corrected chi connectivity index (χ0v) is 17.0. The largest absolute Gasteiger partial charge is 0.345 e. The minimum atomic E-state index is -0.287. The van der Waals surface area contributed by atoms with Gasteiger partial charge < -0.3 is 26.5 Å². The number of para-hydroxylation sites is 2. The van der Waals surface area contributed by atoms with Gasteiger partial charge in [0.15, 0.2) is 5.69 Å². The minimum absolute atomic E-state index is 0.267. The fourth-order valence-corrected chi connectivity index (χ4v) is 4.01. The number of hydrogen-bond acceptors (Lipinski definition) is 7. The normalized spacial score (nSPS) is 13.1. The molecule has 2 aromatic heterocycles. The Balaban J connectivity index is 1.25. The molecule has 1 amide bonds. The Labute approximate surface area is 176 Å². The fourth-order valence-electron chi connectivity index (χ4n) is 2.83. The van der Waals surface area contributed by atoms with Crippen LogP contribution in [-0.2, 0) is 13.0 Å². The number of aromatic nitrogens is 3. The monoisotopic (exact) mass is 429 g/mol. The lowest BCUT2D eigenvalue weighted by Gasteiger charge is -2.13. The summed E-state index contributed by atoms with van der Waals surface area (Å²) in [5.41, 5.74) is 8.90. The number of carbonyl (C=O) groups is 1. The molecule has 0 unspecified atom stereocenters. The van der Waals surface area contributed by atoms with E-state index in [1.807, 2.05) is 36.4 Å². The van der Waals surface area contributed by atoms with E-state index in [-0.39, 0.29) is 11.6 Å². The van der Waals surface area contributed by atoms with Crippen LogP contribution < -0.4 is 21.5 Å². The van der Waals surface area contributed by atoms with Gasteiger partial charge in [0.25, 0.3) is 5.91 Å². The second-order valence-corrected chi connectivity index (χ2v) is 8.05. The Morgan fingerprint density at radius 1 is 1.21 bits per heavy atom. The number of benzene rings is 1. The predicted octanol–water partition coefficient (Wildman–Crippen LogP) is 2.24. The number of hydrogen-bond donors (Lipinski definition) is 5. The van der Waals surface area contributed by atoms with Crippen LogP contribution in [0.1, 0.15) is 21.3 Å². The van der Waals surface area contributed by atoms with Gasteiger partial charge in [0, 0.05) is 19.2 Å². The molecule has 10 heteroatoms.